The van der Waals surface area contributed by atoms with Crippen LogP contribution in [0.5, 0.6) is 5.75 Å². The van der Waals surface area contributed by atoms with E-state index in [2.05, 4.69) is 10.3 Å². The minimum Gasteiger partial charge on any atom is -0.508 e. The number of aromatic nitrogens is 1. The maximum Gasteiger partial charge on any atom is 0.354 e. The lowest BCUT2D eigenvalue weighted by atomic mass is 10.00. The number of aromatic hydroxyl groups is 1. The van der Waals surface area contributed by atoms with Gasteiger partial charge < -0.3 is 20.3 Å². The van der Waals surface area contributed by atoms with E-state index in [4.69, 9.17) is 16.3 Å². The number of benzene rings is 3. The van der Waals surface area contributed by atoms with Crippen LogP contribution < -0.4 is 5.32 Å². The summed E-state index contributed by atoms with van der Waals surface area (Å²) in [6.45, 7) is 0. The van der Waals surface area contributed by atoms with Gasteiger partial charge in [-0.05, 0) is 72.0 Å². The van der Waals surface area contributed by atoms with E-state index < -0.39 is 18.0 Å². The number of aliphatic hydroxyl groups excluding tert-OH is 1. The molecule has 0 fully saturated rings. The molecule has 7 nitrogen and oxygen atoms in total. The second-order valence-corrected chi connectivity index (χ2v) is 8.84. The van der Waals surface area contributed by atoms with Crippen molar-refractivity contribution in [1.29, 1.82) is 0 Å². The van der Waals surface area contributed by atoms with Crippen molar-refractivity contribution >= 4 is 40.5 Å². The fourth-order valence-electron chi connectivity index (χ4n) is 3.88. The predicted molar refractivity (Wildman–Crippen MR) is 142 cm³/mol. The number of carbonyl (C=O) groups excluding carboxylic acids is 2. The van der Waals surface area contributed by atoms with Crippen molar-refractivity contribution in [1.82, 2.24) is 10.3 Å². The van der Waals surface area contributed by atoms with Crippen LogP contribution in [0.25, 0.3) is 17.0 Å². The summed E-state index contributed by atoms with van der Waals surface area (Å²) in [5.41, 5.74) is 2.92. The molecule has 37 heavy (non-hydrogen) atoms. The largest absolute Gasteiger partial charge is 0.508 e. The summed E-state index contributed by atoms with van der Waals surface area (Å²) in [6, 6.07) is 20.9. The van der Waals surface area contributed by atoms with Crippen molar-refractivity contribution in [2.75, 3.05) is 7.11 Å². The van der Waals surface area contributed by atoms with E-state index in [1.165, 1.54) is 25.3 Å². The van der Waals surface area contributed by atoms with Gasteiger partial charge in [-0.1, -0.05) is 48.0 Å². The number of phenolic OH excluding ortho intramolecular Hbond substituents is 1. The fourth-order valence-corrected chi connectivity index (χ4v) is 4.16. The first-order valence-electron chi connectivity index (χ1n) is 11.6. The molecule has 3 N–H and O–H groups in total. The Bertz CT molecular complexity index is 1480. The van der Waals surface area contributed by atoms with Gasteiger partial charge in [0.25, 0.3) is 5.91 Å². The molecule has 0 aliphatic heterocycles. The van der Waals surface area contributed by atoms with E-state index in [9.17, 15) is 19.8 Å². The Morgan fingerprint density at radius 2 is 1.89 bits per heavy atom. The van der Waals surface area contributed by atoms with Gasteiger partial charge in [-0.3, -0.25) is 9.78 Å². The van der Waals surface area contributed by atoms with Crippen LogP contribution >= 0.6 is 11.6 Å². The molecule has 8 heteroatoms. The number of phenols is 1. The molecule has 1 heterocycles. The van der Waals surface area contributed by atoms with Crippen molar-refractivity contribution in [3.8, 4) is 5.75 Å². The number of pyridine rings is 1. The molecule has 4 rings (SSSR count). The second kappa shape index (κ2) is 11.7. The van der Waals surface area contributed by atoms with Crippen LogP contribution in [-0.4, -0.2) is 34.2 Å². The quantitative estimate of drug-likeness (QED) is 0.219. The first-order valence-corrected chi connectivity index (χ1v) is 11.9. The molecule has 0 aliphatic rings. The number of ether oxygens (including phenoxy) is 1. The van der Waals surface area contributed by atoms with Gasteiger partial charge in [0.05, 0.1) is 29.3 Å². The SMILES string of the molecule is COC(=O)C(=Cc1cnc2ccccc2c1)NC(=O)c1ccc(C(O)CCc2cccc(O)c2)cc1Cl. The summed E-state index contributed by atoms with van der Waals surface area (Å²) in [6.07, 6.45) is 3.21. The number of halogens is 1. The number of rotatable bonds is 8. The van der Waals surface area contributed by atoms with Gasteiger partial charge >= 0.3 is 5.97 Å². The van der Waals surface area contributed by atoms with Crippen molar-refractivity contribution < 1.29 is 24.5 Å². The lowest BCUT2D eigenvalue weighted by Gasteiger charge is -2.14. The number of nitrogens with zero attached hydrogens (tertiary/aromatic N) is 1. The van der Waals surface area contributed by atoms with Gasteiger partial charge in [0.15, 0.2) is 0 Å². The van der Waals surface area contributed by atoms with Gasteiger partial charge in [0.2, 0.25) is 0 Å². The highest BCUT2D eigenvalue weighted by Gasteiger charge is 2.19. The van der Waals surface area contributed by atoms with Crippen LogP contribution in [0.4, 0.5) is 0 Å². The van der Waals surface area contributed by atoms with Crippen LogP contribution in [0.1, 0.15) is 39.6 Å². The van der Waals surface area contributed by atoms with Crippen molar-refractivity contribution in [3.63, 3.8) is 0 Å². The van der Waals surface area contributed by atoms with Crippen LogP contribution in [0.3, 0.4) is 0 Å². The van der Waals surface area contributed by atoms with Gasteiger partial charge in [-0.25, -0.2) is 4.79 Å². The van der Waals surface area contributed by atoms with Gasteiger partial charge in [0, 0.05) is 11.6 Å². The number of hydrogen-bond acceptors (Lipinski definition) is 6. The molecule has 1 unspecified atom stereocenters. The van der Waals surface area contributed by atoms with Crippen molar-refractivity contribution in [2.45, 2.75) is 18.9 Å². The number of carbonyl (C=O) groups is 2. The van der Waals surface area contributed by atoms with E-state index in [1.807, 2.05) is 36.4 Å². The zero-order valence-corrected chi connectivity index (χ0v) is 20.8. The number of nitrogens with one attached hydrogen (secondary N) is 1. The third-order valence-corrected chi connectivity index (χ3v) is 6.13. The van der Waals surface area contributed by atoms with E-state index in [0.717, 1.165) is 16.5 Å². The van der Waals surface area contributed by atoms with Gasteiger partial charge in [-0.15, -0.1) is 0 Å². The normalized spacial score (nSPS) is 12.2. The van der Waals surface area contributed by atoms with E-state index in [1.54, 1.807) is 30.5 Å². The zero-order chi connectivity index (χ0) is 26.4. The Kier molecular flexibility index (Phi) is 8.18. The summed E-state index contributed by atoms with van der Waals surface area (Å²) in [5, 5.41) is 23.8. The van der Waals surface area contributed by atoms with Gasteiger partial charge in [-0.2, -0.15) is 0 Å². The molecule has 0 bridgehead atoms. The molecule has 1 aromatic heterocycles. The summed E-state index contributed by atoms with van der Waals surface area (Å²) < 4.78 is 4.84. The molecule has 0 saturated heterocycles. The minimum absolute atomic E-state index is 0.0733. The number of hydrogen-bond donors (Lipinski definition) is 3. The first-order chi connectivity index (χ1) is 17.8. The lowest BCUT2D eigenvalue weighted by molar-refractivity contribution is -0.136. The second-order valence-electron chi connectivity index (χ2n) is 8.43. The van der Waals surface area contributed by atoms with Gasteiger partial charge in [0.1, 0.15) is 11.4 Å². The Labute approximate surface area is 219 Å². The fraction of sp³-hybridized carbons (Fsp3) is 0.138. The number of fused-ring (bicyclic) bond motifs is 1. The standard InChI is InChI=1S/C29H25ClN2O5/c1-37-29(36)26(15-19-13-20-6-2-3-8-25(20)31-17-19)32-28(35)23-11-10-21(16-24(23)30)27(34)12-9-18-5-4-7-22(33)14-18/h2-8,10-11,13-17,27,33-34H,9,12H2,1H3,(H,32,35). The first kappa shape index (κ1) is 25.9. The van der Waals surface area contributed by atoms with E-state index >= 15 is 0 Å². The van der Waals surface area contributed by atoms with Crippen molar-refractivity contribution in [2.24, 2.45) is 0 Å². The monoisotopic (exact) mass is 516 g/mol. The highest BCUT2D eigenvalue weighted by atomic mass is 35.5. The number of amides is 1. The predicted octanol–water partition coefficient (Wildman–Crippen LogP) is 5.20. The number of aliphatic hydroxyl groups is 1. The molecule has 1 amide bonds. The molecule has 188 valence electrons. The molecule has 0 aliphatic carbocycles. The molecular weight excluding hydrogens is 492 g/mol. The maximum atomic E-state index is 13.0. The topological polar surface area (TPSA) is 109 Å². The summed E-state index contributed by atoms with van der Waals surface area (Å²) in [7, 11) is 1.22. The van der Waals surface area contributed by atoms with Crippen LogP contribution in [0.2, 0.25) is 5.02 Å². The third-order valence-electron chi connectivity index (χ3n) is 5.82. The van der Waals surface area contributed by atoms with Crippen molar-refractivity contribution in [3.05, 3.63) is 112 Å². The summed E-state index contributed by atoms with van der Waals surface area (Å²) >= 11 is 6.38. The molecule has 0 spiro atoms. The molecule has 0 saturated carbocycles. The maximum absolute atomic E-state index is 13.0. The molecule has 0 radical (unpaired) electrons. The highest BCUT2D eigenvalue weighted by Crippen LogP contribution is 2.26. The Hall–Kier alpha value is -4.20. The molecule has 3 aromatic carbocycles. The molecule has 1 atom stereocenters. The minimum atomic E-state index is -0.817. The number of esters is 1. The molecule has 4 aromatic rings. The molecular formula is C29H25ClN2O5. The third kappa shape index (κ3) is 6.52. The Morgan fingerprint density at radius 3 is 2.65 bits per heavy atom. The average molecular weight is 517 g/mol. The average Bonchev–Trinajstić information content (AvgIpc) is 2.90. The highest BCUT2D eigenvalue weighted by molar-refractivity contribution is 6.34. The van der Waals surface area contributed by atoms with Crippen LogP contribution in [0, 0.1) is 0 Å². The van der Waals surface area contributed by atoms with E-state index in [0.29, 0.717) is 24.0 Å². The smallest absolute Gasteiger partial charge is 0.354 e. The van der Waals surface area contributed by atoms with Crippen LogP contribution in [0.15, 0.2) is 84.7 Å². The number of para-hydroxylation sites is 1. The van der Waals surface area contributed by atoms with Crippen LogP contribution in [-0.2, 0) is 16.0 Å². The number of methoxy groups -OCH3 is 1. The summed E-state index contributed by atoms with van der Waals surface area (Å²) in [4.78, 5) is 29.7. The zero-order valence-electron chi connectivity index (χ0n) is 20.0. The Balaban J connectivity index is 1.49. The van der Waals surface area contributed by atoms with E-state index in [-0.39, 0.29) is 22.0 Å². The Morgan fingerprint density at radius 1 is 1.08 bits per heavy atom. The number of aryl methyl sites for hydroxylation is 1. The lowest BCUT2D eigenvalue weighted by Crippen LogP contribution is -2.28. The summed E-state index contributed by atoms with van der Waals surface area (Å²) in [5.74, 6) is -1.16.